The molecule has 1 rings (SSSR count). The number of hydrogen-bond donors (Lipinski definition) is 1. The second-order valence-electron chi connectivity index (χ2n) is 2.77. The van der Waals surface area contributed by atoms with Gasteiger partial charge < -0.3 is 5.11 Å². The van der Waals surface area contributed by atoms with Crippen LogP contribution in [-0.4, -0.2) is 11.2 Å². The Morgan fingerprint density at radius 1 is 1.44 bits per heavy atom. The van der Waals surface area contributed by atoms with Gasteiger partial charge in [0.05, 0.1) is 6.10 Å². The topological polar surface area (TPSA) is 20.2 Å². The first kappa shape index (κ1) is 6.81. The first-order chi connectivity index (χ1) is 4.34. The molecule has 0 aliphatic heterocycles. The molecule has 0 aromatic heterocycles. The van der Waals surface area contributed by atoms with Crippen molar-refractivity contribution in [2.45, 2.75) is 31.8 Å². The Balaban J connectivity index is 2.32. The van der Waals surface area contributed by atoms with Gasteiger partial charge in [0.1, 0.15) is 0 Å². The largest absolute Gasteiger partial charge is 0.389 e. The molecule has 0 aromatic rings. The number of rotatable bonds is 2. The molecule has 0 heterocycles. The van der Waals surface area contributed by atoms with E-state index in [4.69, 9.17) is 0 Å². The summed E-state index contributed by atoms with van der Waals surface area (Å²) in [4.78, 5) is 0. The van der Waals surface area contributed by atoms with E-state index < -0.39 is 0 Å². The van der Waals surface area contributed by atoms with E-state index in [-0.39, 0.29) is 6.10 Å². The van der Waals surface area contributed by atoms with E-state index in [1.165, 1.54) is 25.7 Å². The fourth-order valence-electron chi connectivity index (χ4n) is 1.49. The van der Waals surface area contributed by atoms with Crippen LogP contribution in [0.25, 0.3) is 0 Å². The molecular formula is C8H14O. The summed E-state index contributed by atoms with van der Waals surface area (Å²) in [7, 11) is 0. The molecule has 0 aromatic carbocycles. The summed E-state index contributed by atoms with van der Waals surface area (Å²) in [6, 6.07) is 0. The lowest BCUT2D eigenvalue weighted by Gasteiger charge is -2.11. The van der Waals surface area contributed by atoms with Gasteiger partial charge in [-0.3, -0.25) is 0 Å². The molecule has 1 nitrogen and oxygen atoms in total. The van der Waals surface area contributed by atoms with Crippen molar-refractivity contribution in [2.24, 2.45) is 5.92 Å². The quantitative estimate of drug-likeness (QED) is 0.558. The maximum Gasteiger partial charge on any atom is 0.0746 e. The third kappa shape index (κ3) is 1.55. The summed E-state index contributed by atoms with van der Waals surface area (Å²) < 4.78 is 0. The van der Waals surface area contributed by atoms with Gasteiger partial charge in [-0.25, -0.2) is 0 Å². The molecule has 9 heavy (non-hydrogen) atoms. The minimum Gasteiger partial charge on any atom is -0.389 e. The van der Waals surface area contributed by atoms with Crippen LogP contribution in [0.5, 0.6) is 0 Å². The van der Waals surface area contributed by atoms with Gasteiger partial charge in [0.15, 0.2) is 0 Å². The Hall–Kier alpha value is -0.300. The second kappa shape index (κ2) is 3.02. The van der Waals surface area contributed by atoms with Gasteiger partial charge in [-0.2, -0.15) is 0 Å². The maximum atomic E-state index is 9.24. The highest BCUT2D eigenvalue weighted by Gasteiger charge is 2.20. The van der Waals surface area contributed by atoms with Crippen LogP contribution in [0.15, 0.2) is 12.7 Å². The Bertz CT molecular complexity index is 92.7. The molecule has 0 amide bonds. The van der Waals surface area contributed by atoms with E-state index >= 15 is 0 Å². The van der Waals surface area contributed by atoms with Crippen molar-refractivity contribution in [3.63, 3.8) is 0 Å². The minimum atomic E-state index is -0.243. The van der Waals surface area contributed by atoms with Crippen molar-refractivity contribution in [2.75, 3.05) is 0 Å². The third-order valence-electron chi connectivity index (χ3n) is 2.12. The summed E-state index contributed by atoms with van der Waals surface area (Å²) in [5.41, 5.74) is 0. The number of aliphatic hydroxyl groups excluding tert-OH is 1. The van der Waals surface area contributed by atoms with E-state index in [1.807, 2.05) is 0 Å². The highest BCUT2D eigenvalue weighted by Crippen LogP contribution is 2.27. The zero-order valence-corrected chi connectivity index (χ0v) is 5.71. The fraction of sp³-hybridized carbons (Fsp3) is 0.750. The third-order valence-corrected chi connectivity index (χ3v) is 2.12. The van der Waals surface area contributed by atoms with E-state index in [0.29, 0.717) is 5.92 Å². The summed E-state index contributed by atoms with van der Waals surface area (Å²) >= 11 is 0. The predicted molar refractivity (Wildman–Crippen MR) is 38.2 cm³/mol. The molecule has 0 unspecified atom stereocenters. The zero-order valence-electron chi connectivity index (χ0n) is 5.71. The van der Waals surface area contributed by atoms with Gasteiger partial charge in [0.2, 0.25) is 0 Å². The van der Waals surface area contributed by atoms with E-state index in [2.05, 4.69) is 6.58 Å². The van der Waals surface area contributed by atoms with Crippen LogP contribution in [0.4, 0.5) is 0 Å². The molecule has 1 aliphatic rings. The number of hydrogen-bond acceptors (Lipinski definition) is 1. The van der Waals surface area contributed by atoms with Gasteiger partial charge >= 0.3 is 0 Å². The molecule has 0 radical (unpaired) electrons. The smallest absolute Gasteiger partial charge is 0.0746 e. The molecule has 1 fully saturated rings. The lowest BCUT2D eigenvalue weighted by Crippen LogP contribution is -2.13. The molecule has 0 spiro atoms. The van der Waals surface area contributed by atoms with Gasteiger partial charge in [-0.15, -0.1) is 6.58 Å². The lowest BCUT2D eigenvalue weighted by molar-refractivity contribution is 0.156. The average Bonchev–Trinajstić information content (AvgIpc) is 2.37. The molecule has 1 saturated carbocycles. The van der Waals surface area contributed by atoms with Crippen LogP contribution in [0.1, 0.15) is 25.7 Å². The summed E-state index contributed by atoms with van der Waals surface area (Å²) in [6.07, 6.45) is 6.36. The Labute approximate surface area is 56.4 Å². The Morgan fingerprint density at radius 3 is 2.44 bits per heavy atom. The molecule has 1 heteroatoms. The summed E-state index contributed by atoms with van der Waals surface area (Å²) in [5.74, 6) is 0.516. The van der Waals surface area contributed by atoms with E-state index in [0.717, 1.165) is 0 Å². The molecular weight excluding hydrogens is 112 g/mol. The molecule has 0 bridgehead atoms. The van der Waals surface area contributed by atoms with Gasteiger partial charge in [-0.05, 0) is 18.8 Å². The highest BCUT2D eigenvalue weighted by molar-refractivity contribution is 4.86. The average molecular weight is 126 g/mol. The van der Waals surface area contributed by atoms with Crippen LogP contribution in [0.3, 0.4) is 0 Å². The zero-order chi connectivity index (χ0) is 6.69. The Morgan fingerprint density at radius 2 is 2.00 bits per heavy atom. The number of aliphatic hydroxyl groups is 1. The van der Waals surface area contributed by atoms with Crippen LogP contribution < -0.4 is 0 Å². The Kier molecular flexibility index (Phi) is 2.29. The maximum absolute atomic E-state index is 9.24. The van der Waals surface area contributed by atoms with Crippen molar-refractivity contribution < 1.29 is 5.11 Å². The molecule has 1 atom stereocenters. The monoisotopic (exact) mass is 126 g/mol. The van der Waals surface area contributed by atoms with Crippen LogP contribution in [0, 0.1) is 5.92 Å². The molecule has 52 valence electrons. The highest BCUT2D eigenvalue weighted by atomic mass is 16.3. The van der Waals surface area contributed by atoms with Crippen molar-refractivity contribution >= 4 is 0 Å². The second-order valence-corrected chi connectivity index (χ2v) is 2.77. The molecule has 1 N–H and O–H groups in total. The summed E-state index contributed by atoms with van der Waals surface area (Å²) in [6.45, 7) is 3.56. The first-order valence-electron chi connectivity index (χ1n) is 3.65. The predicted octanol–water partition coefficient (Wildman–Crippen LogP) is 1.72. The fourth-order valence-corrected chi connectivity index (χ4v) is 1.49. The van der Waals surface area contributed by atoms with Crippen LogP contribution in [0.2, 0.25) is 0 Å². The standard InChI is InChI=1S/C8H14O/c1-2-8(9)7-5-3-4-6-7/h2,7-9H,1,3-6H2/t8-/m1/s1. The van der Waals surface area contributed by atoms with E-state index in [1.54, 1.807) is 6.08 Å². The summed E-state index contributed by atoms with van der Waals surface area (Å²) in [5, 5.41) is 9.24. The molecule has 1 aliphatic carbocycles. The lowest BCUT2D eigenvalue weighted by atomic mass is 10.0. The van der Waals surface area contributed by atoms with Gasteiger partial charge in [0, 0.05) is 0 Å². The van der Waals surface area contributed by atoms with E-state index in [9.17, 15) is 5.11 Å². The minimum absolute atomic E-state index is 0.243. The van der Waals surface area contributed by atoms with Crippen molar-refractivity contribution in [3.05, 3.63) is 12.7 Å². The van der Waals surface area contributed by atoms with Crippen molar-refractivity contribution in [1.82, 2.24) is 0 Å². The van der Waals surface area contributed by atoms with Crippen molar-refractivity contribution in [1.29, 1.82) is 0 Å². The molecule has 0 saturated heterocycles. The van der Waals surface area contributed by atoms with Crippen LogP contribution >= 0.6 is 0 Å². The first-order valence-corrected chi connectivity index (χ1v) is 3.65. The van der Waals surface area contributed by atoms with Crippen LogP contribution in [-0.2, 0) is 0 Å². The van der Waals surface area contributed by atoms with Gasteiger partial charge in [-0.1, -0.05) is 18.9 Å². The van der Waals surface area contributed by atoms with Crippen molar-refractivity contribution in [3.8, 4) is 0 Å². The SMILES string of the molecule is C=C[C@@H](O)C1CCCC1. The normalized spacial score (nSPS) is 24.1. The van der Waals surface area contributed by atoms with Gasteiger partial charge in [0.25, 0.3) is 0 Å².